The summed E-state index contributed by atoms with van der Waals surface area (Å²) in [6.07, 6.45) is 9.60. The van der Waals surface area contributed by atoms with Crippen LogP contribution in [0.3, 0.4) is 0 Å². The van der Waals surface area contributed by atoms with Gasteiger partial charge in [-0.3, -0.25) is 9.59 Å². The first-order chi connectivity index (χ1) is 9.94. The zero-order valence-corrected chi connectivity index (χ0v) is 13.5. The minimum absolute atomic E-state index is 0.260. The van der Waals surface area contributed by atoms with Crippen molar-refractivity contribution in [3.63, 3.8) is 0 Å². The van der Waals surface area contributed by atoms with Gasteiger partial charge in [0.25, 0.3) is 0 Å². The van der Waals surface area contributed by atoms with Gasteiger partial charge in [-0.25, -0.2) is 0 Å². The van der Waals surface area contributed by atoms with E-state index in [9.17, 15) is 9.59 Å². The highest BCUT2D eigenvalue weighted by Gasteiger charge is 2.60. The van der Waals surface area contributed by atoms with Crippen LogP contribution in [-0.2, 0) is 9.59 Å². The molecular weight excluding hydrogens is 260 g/mol. The Labute approximate surface area is 128 Å². The number of carbonyl (C=O) groups is 2. The summed E-state index contributed by atoms with van der Waals surface area (Å²) in [5.74, 6) is 2.77. The van der Waals surface area contributed by atoms with Gasteiger partial charge in [-0.2, -0.15) is 0 Å². The lowest BCUT2D eigenvalue weighted by Gasteiger charge is -2.58. The zero-order chi connectivity index (χ0) is 14.8. The standard InChI is InChI=1S/C19H28O2/c1-18-7-3-4-14(18)17-15(6-8-18)19(2)9-5-13(20)10-12(19)11-16(17)21/h12,14-15,17H,3-11H2,1-2H3/t12-,14+,15+,17+,18+,19+/m1/s1. The Balaban J connectivity index is 1.70. The number of carbonyl (C=O) groups excluding carboxylic acids is 2. The Morgan fingerprint density at radius 1 is 0.952 bits per heavy atom. The summed E-state index contributed by atoms with van der Waals surface area (Å²) in [6.45, 7) is 4.85. The van der Waals surface area contributed by atoms with E-state index in [0.29, 0.717) is 53.5 Å². The first-order valence-corrected chi connectivity index (χ1v) is 8.98. The van der Waals surface area contributed by atoms with Crippen LogP contribution in [0.1, 0.15) is 71.6 Å². The Bertz CT molecular complexity index is 496. The summed E-state index contributed by atoms with van der Waals surface area (Å²) in [5.41, 5.74) is 0.695. The normalized spacial score (nSPS) is 53.0. The maximum Gasteiger partial charge on any atom is 0.136 e. The molecular formula is C19H28O2. The molecule has 0 unspecified atom stereocenters. The van der Waals surface area contributed by atoms with Crippen LogP contribution in [0.4, 0.5) is 0 Å². The van der Waals surface area contributed by atoms with Gasteiger partial charge in [-0.15, -0.1) is 0 Å². The van der Waals surface area contributed by atoms with E-state index in [-0.39, 0.29) is 5.41 Å². The van der Waals surface area contributed by atoms with Crippen LogP contribution in [0.5, 0.6) is 0 Å². The Hall–Kier alpha value is -0.660. The van der Waals surface area contributed by atoms with Gasteiger partial charge in [-0.05, 0) is 60.7 Å². The molecule has 0 N–H and O–H groups in total. The van der Waals surface area contributed by atoms with Crippen LogP contribution in [0.25, 0.3) is 0 Å². The number of rotatable bonds is 0. The van der Waals surface area contributed by atoms with Crippen molar-refractivity contribution in [3.8, 4) is 0 Å². The van der Waals surface area contributed by atoms with E-state index in [2.05, 4.69) is 13.8 Å². The van der Waals surface area contributed by atoms with Crippen LogP contribution in [0, 0.1) is 34.5 Å². The summed E-state index contributed by atoms with van der Waals surface area (Å²) < 4.78 is 0. The second-order valence-corrected chi connectivity index (χ2v) is 8.94. The van der Waals surface area contributed by atoms with Gasteiger partial charge < -0.3 is 0 Å². The summed E-state index contributed by atoms with van der Waals surface area (Å²) in [6, 6.07) is 0. The van der Waals surface area contributed by atoms with E-state index in [1.54, 1.807) is 0 Å². The minimum atomic E-state index is 0.260. The zero-order valence-electron chi connectivity index (χ0n) is 13.5. The average Bonchev–Trinajstić information content (AvgIpc) is 2.82. The number of fused-ring (bicyclic) bond motifs is 5. The van der Waals surface area contributed by atoms with Crippen LogP contribution in [0.15, 0.2) is 0 Å². The molecule has 0 aliphatic heterocycles. The first-order valence-electron chi connectivity index (χ1n) is 8.98. The second kappa shape index (κ2) is 4.43. The highest BCUT2D eigenvalue weighted by Crippen LogP contribution is 2.64. The third kappa shape index (κ3) is 1.83. The molecule has 0 amide bonds. The van der Waals surface area contributed by atoms with Crippen LogP contribution in [-0.4, -0.2) is 11.6 Å². The fourth-order valence-electron chi connectivity index (χ4n) is 6.71. The third-order valence-electron chi connectivity index (χ3n) is 8.07. The lowest BCUT2D eigenvalue weighted by atomic mass is 9.45. The van der Waals surface area contributed by atoms with Gasteiger partial charge in [0.15, 0.2) is 0 Å². The van der Waals surface area contributed by atoms with Gasteiger partial charge in [0.2, 0.25) is 0 Å². The molecule has 4 aliphatic carbocycles. The van der Waals surface area contributed by atoms with E-state index in [1.165, 1.54) is 32.1 Å². The molecule has 0 saturated heterocycles. The summed E-state index contributed by atoms with van der Waals surface area (Å²) >= 11 is 0. The fraction of sp³-hybridized carbons (Fsp3) is 0.895. The molecule has 116 valence electrons. The van der Waals surface area contributed by atoms with Crippen molar-refractivity contribution in [3.05, 3.63) is 0 Å². The number of Topliss-reactive ketones (excluding diaryl/α,β-unsaturated/α-hetero) is 2. The molecule has 4 saturated carbocycles. The van der Waals surface area contributed by atoms with Crippen LogP contribution in [0.2, 0.25) is 0 Å². The Morgan fingerprint density at radius 2 is 1.76 bits per heavy atom. The number of ketones is 2. The van der Waals surface area contributed by atoms with Crippen LogP contribution < -0.4 is 0 Å². The van der Waals surface area contributed by atoms with Crippen molar-refractivity contribution in [2.45, 2.75) is 71.6 Å². The molecule has 0 spiro atoms. The van der Waals surface area contributed by atoms with E-state index < -0.39 is 0 Å². The average molecular weight is 288 g/mol. The van der Waals surface area contributed by atoms with E-state index in [4.69, 9.17) is 0 Å². The van der Waals surface area contributed by atoms with Crippen LogP contribution >= 0.6 is 0 Å². The topological polar surface area (TPSA) is 34.1 Å². The third-order valence-corrected chi connectivity index (χ3v) is 8.07. The van der Waals surface area contributed by atoms with Crippen molar-refractivity contribution < 1.29 is 9.59 Å². The van der Waals surface area contributed by atoms with Crippen molar-refractivity contribution in [1.29, 1.82) is 0 Å². The largest absolute Gasteiger partial charge is 0.300 e. The molecule has 0 aromatic carbocycles. The molecule has 0 aromatic rings. The highest BCUT2D eigenvalue weighted by atomic mass is 16.1. The van der Waals surface area contributed by atoms with E-state index >= 15 is 0 Å². The maximum absolute atomic E-state index is 12.9. The quantitative estimate of drug-likeness (QED) is 0.670. The monoisotopic (exact) mass is 288 g/mol. The van der Waals surface area contributed by atoms with E-state index in [0.717, 1.165) is 12.8 Å². The number of hydrogen-bond acceptors (Lipinski definition) is 2. The van der Waals surface area contributed by atoms with Gasteiger partial charge >= 0.3 is 0 Å². The molecule has 6 atom stereocenters. The van der Waals surface area contributed by atoms with Crippen molar-refractivity contribution in [2.24, 2.45) is 34.5 Å². The van der Waals surface area contributed by atoms with Gasteiger partial charge in [0.05, 0.1) is 0 Å². The summed E-state index contributed by atoms with van der Waals surface area (Å²) in [4.78, 5) is 24.8. The molecule has 2 heteroatoms. The predicted molar refractivity (Wildman–Crippen MR) is 81.7 cm³/mol. The van der Waals surface area contributed by atoms with Gasteiger partial charge in [0.1, 0.15) is 11.6 Å². The predicted octanol–water partition coefficient (Wildman–Crippen LogP) is 4.17. The van der Waals surface area contributed by atoms with Crippen molar-refractivity contribution in [2.75, 3.05) is 0 Å². The Kier molecular flexibility index (Phi) is 2.94. The molecule has 21 heavy (non-hydrogen) atoms. The van der Waals surface area contributed by atoms with Crippen molar-refractivity contribution in [1.82, 2.24) is 0 Å². The molecule has 2 nitrogen and oxygen atoms in total. The summed E-state index contributed by atoms with van der Waals surface area (Å²) in [5, 5.41) is 0. The second-order valence-electron chi connectivity index (χ2n) is 8.94. The van der Waals surface area contributed by atoms with E-state index in [1.807, 2.05) is 0 Å². The molecule has 4 rings (SSSR count). The first kappa shape index (κ1) is 14.0. The molecule has 0 radical (unpaired) electrons. The van der Waals surface area contributed by atoms with Crippen molar-refractivity contribution >= 4 is 11.6 Å². The molecule has 0 heterocycles. The minimum Gasteiger partial charge on any atom is -0.300 e. The highest BCUT2D eigenvalue weighted by molar-refractivity contribution is 5.86. The van der Waals surface area contributed by atoms with Gasteiger partial charge in [-0.1, -0.05) is 20.3 Å². The SMILES string of the molecule is C[C@@]12CCC[C@H]1[C@@H]1C(=O)C[C@H]3CC(=O)CC[C@]3(C)[C@H]1CC2. The van der Waals surface area contributed by atoms with Gasteiger partial charge in [0, 0.05) is 25.2 Å². The molecule has 4 fully saturated rings. The lowest BCUT2D eigenvalue weighted by Crippen LogP contribution is -2.56. The smallest absolute Gasteiger partial charge is 0.136 e. The molecule has 0 bridgehead atoms. The number of hydrogen-bond donors (Lipinski definition) is 0. The molecule has 4 aliphatic rings. The fourth-order valence-corrected chi connectivity index (χ4v) is 6.71. The summed E-state index contributed by atoms with van der Waals surface area (Å²) in [7, 11) is 0. The maximum atomic E-state index is 12.9. The Morgan fingerprint density at radius 3 is 2.57 bits per heavy atom. The molecule has 0 aromatic heterocycles. The lowest BCUT2D eigenvalue weighted by molar-refractivity contribution is -0.156.